The average molecular weight is 431 g/mol. The van der Waals surface area contributed by atoms with Crippen LogP contribution in [0.4, 0.5) is 17.1 Å². The molecule has 4 fully saturated rings. The van der Waals surface area contributed by atoms with Crippen molar-refractivity contribution in [2.45, 2.75) is 44.1 Å². The molecule has 1 N–H and O–H groups in total. The van der Waals surface area contributed by atoms with Crippen LogP contribution in [-0.2, 0) is 5.54 Å². The number of hydrogen-bond acceptors (Lipinski definition) is 6. The van der Waals surface area contributed by atoms with E-state index >= 15 is 0 Å². The first-order valence-corrected chi connectivity index (χ1v) is 10.6. The maximum Gasteiger partial charge on any atom is 0.288 e. The predicted molar refractivity (Wildman–Crippen MR) is 113 cm³/mol. The number of non-ortho nitro benzene ring substituents is 1. The van der Waals surface area contributed by atoms with Crippen molar-refractivity contribution < 1.29 is 9.66 Å². The third-order valence-corrected chi connectivity index (χ3v) is 7.40. The zero-order valence-electron chi connectivity index (χ0n) is 16.6. The van der Waals surface area contributed by atoms with Crippen molar-refractivity contribution in [2.75, 3.05) is 12.4 Å². The minimum Gasteiger partial charge on any atom is -0.495 e. The van der Waals surface area contributed by atoms with Crippen LogP contribution in [0.15, 0.2) is 29.2 Å². The SMILES string of the molecule is COc1ccc([N+](=O)[O-])cc1Nc1cnn(C23CC4CC(CC(C4)C2)C3)c(=O)c1Cl. The van der Waals surface area contributed by atoms with Crippen molar-refractivity contribution in [1.29, 1.82) is 0 Å². The van der Waals surface area contributed by atoms with E-state index in [1.165, 1.54) is 44.6 Å². The summed E-state index contributed by atoms with van der Waals surface area (Å²) in [7, 11) is 1.47. The van der Waals surface area contributed by atoms with E-state index in [-0.39, 0.29) is 21.8 Å². The van der Waals surface area contributed by atoms with Gasteiger partial charge < -0.3 is 10.1 Å². The number of ether oxygens (including phenoxy) is 1. The molecule has 4 aliphatic rings. The highest BCUT2D eigenvalue weighted by Gasteiger charge is 2.53. The quantitative estimate of drug-likeness (QED) is 0.554. The third kappa shape index (κ3) is 3.05. The van der Waals surface area contributed by atoms with E-state index < -0.39 is 4.92 Å². The van der Waals surface area contributed by atoms with Crippen LogP contribution in [0.3, 0.4) is 0 Å². The van der Waals surface area contributed by atoms with Crippen LogP contribution >= 0.6 is 11.6 Å². The molecule has 1 heterocycles. The van der Waals surface area contributed by atoms with Gasteiger partial charge in [0.1, 0.15) is 10.8 Å². The molecule has 0 aliphatic heterocycles. The Kier molecular flexibility index (Phi) is 4.50. The van der Waals surface area contributed by atoms with Crippen molar-refractivity contribution in [3.8, 4) is 5.75 Å². The number of methoxy groups -OCH3 is 1. The standard InChI is InChI=1S/C21H23ClN4O4/c1-30-18-3-2-15(26(28)29)7-16(18)24-17-11-23-25(20(27)19(17)22)21-8-12-4-13(9-21)6-14(5-12)10-21/h2-3,7,11-14,24H,4-6,8-10H2,1H3. The van der Waals surface area contributed by atoms with Gasteiger partial charge in [0.2, 0.25) is 0 Å². The largest absolute Gasteiger partial charge is 0.495 e. The molecule has 0 atom stereocenters. The molecule has 158 valence electrons. The number of hydrogen-bond donors (Lipinski definition) is 1. The molecule has 0 saturated heterocycles. The zero-order valence-corrected chi connectivity index (χ0v) is 17.4. The van der Waals surface area contributed by atoms with E-state index in [0.717, 1.165) is 19.3 Å². The molecule has 9 heteroatoms. The Morgan fingerprint density at radius 1 is 1.20 bits per heavy atom. The lowest BCUT2D eigenvalue weighted by Crippen LogP contribution is -2.55. The molecule has 4 aliphatic carbocycles. The van der Waals surface area contributed by atoms with Gasteiger partial charge in [-0.3, -0.25) is 14.9 Å². The summed E-state index contributed by atoms with van der Waals surface area (Å²) in [5, 5.41) is 18.7. The van der Waals surface area contributed by atoms with E-state index in [1.54, 1.807) is 10.9 Å². The van der Waals surface area contributed by atoms with Gasteiger partial charge in [0.15, 0.2) is 0 Å². The Balaban J connectivity index is 1.50. The van der Waals surface area contributed by atoms with Gasteiger partial charge in [-0.05, 0) is 62.3 Å². The highest BCUT2D eigenvalue weighted by atomic mass is 35.5. The fraction of sp³-hybridized carbons (Fsp3) is 0.524. The second-order valence-corrected chi connectivity index (χ2v) is 9.38. The summed E-state index contributed by atoms with van der Waals surface area (Å²) in [6.07, 6.45) is 8.34. The van der Waals surface area contributed by atoms with Gasteiger partial charge in [-0.15, -0.1) is 0 Å². The highest BCUT2D eigenvalue weighted by Crippen LogP contribution is 2.58. The molecule has 4 bridgehead atoms. The third-order valence-electron chi connectivity index (χ3n) is 7.04. The molecule has 0 radical (unpaired) electrons. The van der Waals surface area contributed by atoms with Crippen molar-refractivity contribution in [1.82, 2.24) is 9.78 Å². The zero-order chi connectivity index (χ0) is 21.0. The van der Waals surface area contributed by atoms with Crippen LogP contribution in [0, 0.1) is 27.9 Å². The normalized spacial score (nSPS) is 29.1. The van der Waals surface area contributed by atoms with Gasteiger partial charge >= 0.3 is 0 Å². The molecule has 0 amide bonds. The summed E-state index contributed by atoms with van der Waals surface area (Å²) < 4.78 is 6.90. The molecule has 1 aromatic heterocycles. The lowest BCUT2D eigenvalue weighted by Gasteiger charge is -2.56. The molecular formula is C21H23ClN4O4. The number of nitro benzene ring substituents is 1. The average Bonchev–Trinajstić information content (AvgIpc) is 2.70. The Morgan fingerprint density at radius 3 is 2.40 bits per heavy atom. The summed E-state index contributed by atoms with van der Waals surface area (Å²) in [6, 6.07) is 4.20. The van der Waals surface area contributed by atoms with E-state index in [9.17, 15) is 14.9 Å². The van der Waals surface area contributed by atoms with Crippen LogP contribution in [0.1, 0.15) is 38.5 Å². The monoisotopic (exact) mass is 430 g/mol. The molecule has 2 aromatic rings. The molecular weight excluding hydrogens is 408 g/mol. The number of halogens is 1. The predicted octanol–water partition coefficient (Wildman–Crippen LogP) is 4.48. The molecule has 4 saturated carbocycles. The summed E-state index contributed by atoms with van der Waals surface area (Å²) in [5.41, 5.74) is 0.0260. The summed E-state index contributed by atoms with van der Waals surface area (Å²) >= 11 is 6.48. The van der Waals surface area contributed by atoms with Gasteiger partial charge in [0, 0.05) is 12.1 Å². The Bertz CT molecular complexity index is 1050. The van der Waals surface area contributed by atoms with E-state index in [2.05, 4.69) is 10.4 Å². The Labute approximate surface area is 178 Å². The lowest BCUT2D eigenvalue weighted by molar-refractivity contribution is -0.384. The maximum absolute atomic E-state index is 13.2. The first kappa shape index (κ1) is 19.4. The summed E-state index contributed by atoms with van der Waals surface area (Å²) in [4.78, 5) is 23.8. The number of nitrogens with one attached hydrogen (secondary N) is 1. The van der Waals surface area contributed by atoms with Crippen molar-refractivity contribution in [3.63, 3.8) is 0 Å². The lowest BCUT2D eigenvalue weighted by atomic mass is 9.53. The fourth-order valence-electron chi connectivity index (χ4n) is 6.23. The van der Waals surface area contributed by atoms with Gasteiger partial charge in [0.05, 0.1) is 35.1 Å². The molecule has 0 spiro atoms. The minimum atomic E-state index is -0.491. The van der Waals surface area contributed by atoms with Crippen molar-refractivity contribution >= 4 is 28.7 Å². The van der Waals surface area contributed by atoms with E-state index in [4.69, 9.17) is 16.3 Å². The first-order valence-electron chi connectivity index (χ1n) is 10.3. The number of anilines is 2. The van der Waals surface area contributed by atoms with Crippen LogP contribution in [-0.4, -0.2) is 21.8 Å². The molecule has 1 aromatic carbocycles. The van der Waals surface area contributed by atoms with Gasteiger partial charge in [-0.2, -0.15) is 5.10 Å². The number of nitro groups is 1. The first-order chi connectivity index (χ1) is 14.4. The van der Waals surface area contributed by atoms with Gasteiger partial charge in [-0.1, -0.05) is 11.6 Å². The van der Waals surface area contributed by atoms with E-state index in [1.807, 2.05) is 0 Å². The van der Waals surface area contributed by atoms with Crippen LogP contribution in [0.5, 0.6) is 5.75 Å². The highest BCUT2D eigenvalue weighted by molar-refractivity contribution is 6.33. The number of aromatic nitrogens is 2. The molecule has 6 rings (SSSR count). The number of nitrogens with zero attached hydrogens (tertiary/aromatic N) is 3. The number of rotatable bonds is 5. The summed E-state index contributed by atoms with van der Waals surface area (Å²) in [6.45, 7) is 0. The van der Waals surface area contributed by atoms with Crippen LogP contribution in [0.25, 0.3) is 0 Å². The Morgan fingerprint density at radius 2 is 1.83 bits per heavy atom. The maximum atomic E-state index is 13.2. The van der Waals surface area contributed by atoms with Crippen LogP contribution in [0.2, 0.25) is 5.02 Å². The van der Waals surface area contributed by atoms with Gasteiger partial charge in [-0.25, -0.2) is 4.68 Å². The smallest absolute Gasteiger partial charge is 0.288 e. The molecule has 8 nitrogen and oxygen atoms in total. The second kappa shape index (κ2) is 6.97. The number of benzene rings is 1. The van der Waals surface area contributed by atoms with Crippen molar-refractivity contribution in [2.24, 2.45) is 17.8 Å². The topological polar surface area (TPSA) is 99.3 Å². The second-order valence-electron chi connectivity index (χ2n) is 9.00. The van der Waals surface area contributed by atoms with E-state index in [0.29, 0.717) is 34.9 Å². The molecule has 0 unspecified atom stereocenters. The van der Waals surface area contributed by atoms with Crippen LogP contribution < -0.4 is 15.6 Å². The van der Waals surface area contributed by atoms with Gasteiger partial charge in [0.25, 0.3) is 11.2 Å². The Hall–Kier alpha value is -2.61. The van der Waals surface area contributed by atoms with Crippen molar-refractivity contribution in [3.05, 3.63) is 49.9 Å². The fourth-order valence-corrected chi connectivity index (χ4v) is 6.41. The molecule has 30 heavy (non-hydrogen) atoms. The minimum absolute atomic E-state index is 0.0364. The summed E-state index contributed by atoms with van der Waals surface area (Å²) in [5.74, 6) is 2.43.